The van der Waals surface area contributed by atoms with Crippen LogP contribution >= 0.6 is 0 Å². The molecule has 0 amide bonds. The summed E-state index contributed by atoms with van der Waals surface area (Å²) in [6.45, 7) is 12.2. The fourth-order valence-corrected chi connectivity index (χ4v) is 9.13. The minimum Gasteiger partial charge on any atom is -0.392 e. The van der Waals surface area contributed by atoms with E-state index in [4.69, 9.17) is 0 Å². The fraction of sp³-hybridized carbons (Fsp3) is 0.963. The van der Waals surface area contributed by atoms with E-state index in [-0.39, 0.29) is 5.41 Å². The van der Waals surface area contributed by atoms with Crippen LogP contribution in [-0.4, -0.2) is 17.0 Å². The van der Waals surface area contributed by atoms with Gasteiger partial charge < -0.3 is 5.11 Å². The van der Waals surface area contributed by atoms with Gasteiger partial charge in [-0.3, -0.25) is 4.79 Å². The molecular formula is C27H46O2. The highest BCUT2D eigenvalue weighted by molar-refractivity contribution is 5.80. The number of carbonyl (C=O) groups excluding carboxylic acids is 1. The van der Waals surface area contributed by atoms with Gasteiger partial charge >= 0.3 is 0 Å². The molecule has 0 spiro atoms. The molecule has 166 valence electrons. The molecule has 0 aromatic heterocycles. The van der Waals surface area contributed by atoms with Crippen molar-refractivity contribution in [3.05, 3.63) is 0 Å². The van der Waals surface area contributed by atoms with Gasteiger partial charge in [0.25, 0.3) is 0 Å². The minimum atomic E-state index is -0.405. The summed E-state index contributed by atoms with van der Waals surface area (Å²) in [7, 11) is 0. The number of rotatable bonds is 5. The third kappa shape index (κ3) is 3.54. The van der Waals surface area contributed by atoms with Gasteiger partial charge in [0.2, 0.25) is 0 Å². The van der Waals surface area contributed by atoms with E-state index in [0.29, 0.717) is 29.5 Å². The van der Waals surface area contributed by atoms with Crippen LogP contribution in [0.1, 0.15) is 105 Å². The van der Waals surface area contributed by atoms with Crippen LogP contribution in [-0.2, 0) is 4.79 Å². The van der Waals surface area contributed by atoms with Gasteiger partial charge in [0, 0.05) is 18.3 Å². The summed E-state index contributed by atoms with van der Waals surface area (Å²) >= 11 is 0. The first kappa shape index (κ1) is 21.8. The topological polar surface area (TPSA) is 37.3 Å². The Morgan fingerprint density at radius 3 is 2.45 bits per heavy atom. The molecule has 0 bridgehead atoms. The number of hydrogen-bond acceptors (Lipinski definition) is 2. The molecule has 0 aromatic carbocycles. The van der Waals surface area contributed by atoms with Crippen LogP contribution in [0.5, 0.6) is 0 Å². The van der Waals surface area contributed by atoms with Gasteiger partial charge in [-0.05, 0) is 85.4 Å². The monoisotopic (exact) mass is 402 g/mol. The van der Waals surface area contributed by atoms with Crippen molar-refractivity contribution in [2.75, 3.05) is 0 Å². The molecule has 2 heteroatoms. The number of aliphatic hydroxyl groups is 1. The minimum absolute atomic E-state index is 0.0148. The highest BCUT2D eigenvalue weighted by Gasteiger charge is 2.62. The predicted octanol–water partition coefficient (Wildman–Crippen LogP) is 6.65. The SMILES string of the molecule is CC(C)CCC[C@@H](C)[C@H]1CC[C@H]2[C@@H]3CC[C@@H]4CC(=O)CC(O)[C@]4(C)[C@H]3CC[C@]12C. The first-order chi connectivity index (χ1) is 13.7. The van der Waals surface area contributed by atoms with Crippen LogP contribution in [0.4, 0.5) is 0 Å². The predicted molar refractivity (Wildman–Crippen MR) is 119 cm³/mol. The number of hydrogen-bond donors (Lipinski definition) is 1. The van der Waals surface area contributed by atoms with Crippen LogP contribution < -0.4 is 0 Å². The Labute approximate surface area is 179 Å². The van der Waals surface area contributed by atoms with Gasteiger partial charge in [-0.15, -0.1) is 0 Å². The van der Waals surface area contributed by atoms with E-state index >= 15 is 0 Å². The second-order valence-electron chi connectivity index (χ2n) is 12.5. The van der Waals surface area contributed by atoms with Gasteiger partial charge in [-0.1, -0.05) is 53.9 Å². The maximum absolute atomic E-state index is 12.2. The number of aliphatic hydroxyl groups excluding tert-OH is 1. The molecule has 4 saturated carbocycles. The van der Waals surface area contributed by atoms with Crippen molar-refractivity contribution < 1.29 is 9.90 Å². The van der Waals surface area contributed by atoms with E-state index in [2.05, 4.69) is 34.6 Å². The zero-order valence-corrected chi connectivity index (χ0v) is 19.8. The van der Waals surface area contributed by atoms with E-state index in [1.807, 2.05) is 0 Å². The Hall–Kier alpha value is -0.370. The van der Waals surface area contributed by atoms with E-state index in [9.17, 15) is 9.90 Å². The highest BCUT2D eigenvalue weighted by atomic mass is 16.3. The zero-order valence-electron chi connectivity index (χ0n) is 19.8. The second-order valence-corrected chi connectivity index (χ2v) is 12.5. The van der Waals surface area contributed by atoms with Crippen LogP contribution in [0.2, 0.25) is 0 Å². The lowest BCUT2D eigenvalue weighted by molar-refractivity contribution is -0.171. The quantitative estimate of drug-likeness (QED) is 0.559. The van der Waals surface area contributed by atoms with Gasteiger partial charge in [0.05, 0.1) is 6.10 Å². The lowest BCUT2D eigenvalue weighted by Crippen LogP contribution is -2.58. The van der Waals surface area contributed by atoms with Crippen LogP contribution in [0.3, 0.4) is 0 Å². The highest BCUT2D eigenvalue weighted by Crippen LogP contribution is 2.68. The van der Waals surface area contributed by atoms with E-state index in [0.717, 1.165) is 36.0 Å². The van der Waals surface area contributed by atoms with Crippen LogP contribution in [0, 0.1) is 52.3 Å². The largest absolute Gasteiger partial charge is 0.392 e. The Bertz CT molecular complexity index is 612. The van der Waals surface area contributed by atoms with Crippen molar-refractivity contribution >= 4 is 5.78 Å². The third-order valence-corrected chi connectivity index (χ3v) is 10.8. The number of carbonyl (C=O) groups is 1. The summed E-state index contributed by atoms with van der Waals surface area (Å²) in [4.78, 5) is 12.2. The summed E-state index contributed by atoms with van der Waals surface area (Å²) in [6, 6.07) is 0. The summed E-state index contributed by atoms with van der Waals surface area (Å²) in [5.74, 6) is 5.57. The average molecular weight is 403 g/mol. The molecule has 0 aromatic rings. The Balaban J connectivity index is 1.50. The van der Waals surface area contributed by atoms with Crippen LogP contribution in [0.15, 0.2) is 0 Å². The molecule has 29 heavy (non-hydrogen) atoms. The molecule has 4 aliphatic rings. The molecular weight excluding hydrogens is 356 g/mol. The summed E-state index contributed by atoms with van der Waals surface area (Å²) < 4.78 is 0. The van der Waals surface area contributed by atoms with Gasteiger partial charge in [0.1, 0.15) is 5.78 Å². The van der Waals surface area contributed by atoms with Crippen molar-refractivity contribution in [1.29, 1.82) is 0 Å². The molecule has 4 rings (SSSR count). The standard InChI is InChI=1S/C27H46O2/c1-17(2)7-6-8-18(3)22-11-12-23-21-10-9-19-15-20(28)16-25(29)27(19,5)24(21)13-14-26(22,23)4/h17-19,21-25,29H,6-16H2,1-5H3/t18-,19-,21+,22-,23+,24+,25?,26-,27+/m1/s1. The smallest absolute Gasteiger partial charge is 0.135 e. The van der Waals surface area contributed by atoms with Gasteiger partial charge in [-0.25, -0.2) is 0 Å². The molecule has 4 aliphatic carbocycles. The molecule has 0 heterocycles. The number of ketones is 1. The third-order valence-electron chi connectivity index (χ3n) is 10.8. The summed E-state index contributed by atoms with van der Waals surface area (Å²) in [5, 5.41) is 11.0. The van der Waals surface area contributed by atoms with E-state index in [1.54, 1.807) is 0 Å². The number of Topliss-reactive ketones (excluding diaryl/α,β-unsaturated/α-hetero) is 1. The normalized spacial score (nSPS) is 48.2. The van der Waals surface area contributed by atoms with Crippen molar-refractivity contribution in [3.63, 3.8) is 0 Å². The van der Waals surface area contributed by atoms with Crippen molar-refractivity contribution in [3.8, 4) is 0 Å². The van der Waals surface area contributed by atoms with Crippen LogP contribution in [0.25, 0.3) is 0 Å². The lowest BCUT2D eigenvalue weighted by Gasteiger charge is -2.61. The van der Waals surface area contributed by atoms with E-state index < -0.39 is 6.10 Å². The first-order valence-corrected chi connectivity index (χ1v) is 12.9. The fourth-order valence-electron chi connectivity index (χ4n) is 9.13. The van der Waals surface area contributed by atoms with Crippen molar-refractivity contribution in [2.24, 2.45) is 52.3 Å². The average Bonchev–Trinajstić information content (AvgIpc) is 3.00. The van der Waals surface area contributed by atoms with Crippen molar-refractivity contribution in [1.82, 2.24) is 0 Å². The molecule has 2 nitrogen and oxygen atoms in total. The van der Waals surface area contributed by atoms with Gasteiger partial charge in [-0.2, -0.15) is 0 Å². The molecule has 0 radical (unpaired) electrons. The Morgan fingerprint density at radius 1 is 0.966 bits per heavy atom. The molecule has 9 atom stereocenters. The van der Waals surface area contributed by atoms with Crippen molar-refractivity contribution in [2.45, 2.75) is 111 Å². The van der Waals surface area contributed by atoms with E-state index in [1.165, 1.54) is 57.8 Å². The molecule has 0 saturated heterocycles. The summed E-state index contributed by atoms with van der Waals surface area (Å²) in [6.07, 6.45) is 12.8. The second kappa shape index (κ2) is 7.95. The Morgan fingerprint density at radius 2 is 1.72 bits per heavy atom. The maximum Gasteiger partial charge on any atom is 0.135 e. The van der Waals surface area contributed by atoms with Gasteiger partial charge in [0.15, 0.2) is 0 Å². The maximum atomic E-state index is 12.2. The molecule has 4 fully saturated rings. The first-order valence-electron chi connectivity index (χ1n) is 12.9. The lowest BCUT2D eigenvalue weighted by atomic mass is 9.44. The molecule has 0 aliphatic heterocycles. The Kier molecular flexibility index (Phi) is 5.99. The summed E-state index contributed by atoms with van der Waals surface area (Å²) in [5.41, 5.74) is 0.496. The molecule has 1 N–H and O–H groups in total. The zero-order chi connectivity index (χ0) is 21.0. The molecule has 1 unspecified atom stereocenters. The number of fused-ring (bicyclic) bond motifs is 5.